The molecular weight excluding hydrogens is 725 g/mol. The van der Waals surface area contributed by atoms with Crippen molar-refractivity contribution in [3.63, 3.8) is 0 Å². The van der Waals surface area contributed by atoms with E-state index in [0.717, 1.165) is 35.5 Å². The molecule has 2 aromatic carbocycles. The molecule has 0 fully saturated rings. The van der Waals surface area contributed by atoms with Crippen molar-refractivity contribution in [1.82, 2.24) is 10.6 Å². The van der Waals surface area contributed by atoms with E-state index in [1.54, 1.807) is 25.1 Å². The van der Waals surface area contributed by atoms with E-state index in [9.17, 15) is 45.4 Å². The first-order valence-electron chi connectivity index (χ1n) is 17.5. The highest BCUT2D eigenvalue weighted by Crippen LogP contribution is 2.50. The van der Waals surface area contributed by atoms with E-state index >= 15 is 0 Å². The third-order valence-electron chi connectivity index (χ3n) is 9.62. The number of carbonyl (C=O) groups is 3. The second-order valence-corrected chi connectivity index (χ2v) is 17.3. The number of benzene rings is 2. The van der Waals surface area contributed by atoms with Crippen LogP contribution in [0.15, 0.2) is 54.3 Å². The first kappa shape index (κ1) is 41.4. The molecule has 0 aromatic heterocycles. The van der Waals surface area contributed by atoms with Gasteiger partial charge in [-0.25, -0.2) is 4.79 Å². The number of nitrogens with zero attached hydrogens (tertiary/aromatic N) is 2. The van der Waals surface area contributed by atoms with Crippen molar-refractivity contribution >= 4 is 55.1 Å². The molecule has 0 atom stereocenters. The summed E-state index contributed by atoms with van der Waals surface area (Å²) in [5.41, 5.74) is 3.42. The molecule has 0 bridgehead atoms. The van der Waals surface area contributed by atoms with Gasteiger partial charge in [-0.3, -0.25) is 18.7 Å². The zero-order valence-corrected chi connectivity index (χ0v) is 32.5. The van der Waals surface area contributed by atoms with Crippen LogP contribution in [0.3, 0.4) is 0 Å². The zero-order valence-electron chi connectivity index (χ0n) is 30.9. The Morgan fingerprint density at radius 1 is 0.868 bits per heavy atom. The van der Waals surface area contributed by atoms with Gasteiger partial charge in [0.25, 0.3) is 32.1 Å². The summed E-state index contributed by atoms with van der Waals surface area (Å²) < 4.78 is 66.4. The summed E-state index contributed by atoms with van der Waals surface area (Å²) in [7, 11) is -8.54. The monoisotopic (exact) mass is 773 g/mol. The fourth-order valence-corrected chi connectivity index (χ4v) is 7.95. The standard InChI is InChI=1S/C37H48N4O10S2/c1-7-9-17-41-29-23-25(33(42)38-8-2)21-26(34(43)39-16-20-53(49,50)51)32(29)37(5,6)31(41)13-10-12-30-36(3,4)27-22-24(35(44)45)14-15-28(27)40(30)18-11-19-52(46,47)48/h10,12-15,21-23H,7-9,11,16-20H2,1-6H3,(H4-,38,39,42,43,44,45,46,47,48,49,50,51)/p+1. The van der Waals surface area contributed by atoms with Gasteiger partial charge in [0.15, 0.2) is 5.71 Å². The molecule has 0 spiro atoms. The number of carboxylic acid groups (broad SMARTS) is 1. The van der Waals surface area contributed by atoms with Gasteiger partial charge in [0.1, 0.15) is 6.54 Å². The maximum absolute atomic E-state index is 13.7. The third kappa shape index (κ3) is 9.23. The highest BCUT2D eigenvalue weighted by molar-refractivity contribution is 7.86. The largest absolute Gasteiger partial charge is 0.478 e. The minimum atomic E-state index is -4.33. The molecule has 2 heterocycles. The van der Waals surface area contributed by atoms with Crippen molar-refractivity contribution < 1.29 is 50.0 Å². The van der Waals surface area contributed by atoms with E-state index in [1.165, 1.54) is 12.1 Å². The molecule has 288 valence electrons. The van der Waals surface area contributed by atoms with Crippen molar-refractivity contribution in [2.24, 2.45) is 0 Å². The van der Waals surface area contributed by atoms with E-state index in [1.807, 2.05) is 57.4 Å². The number of fused-ring (bicyclic) bond motifs is 2. The Labute approximate surface area is 311 Å². The van der Waals surface area contributed by atoms with Gasteiger partial charge in [-0.05, 0) is 57.5 Å². The summed E-state index contributed by atoms with van der Waals surface area (Å²) in [5, 5.41) is 15.0. The van der Waals surface area contributed by atoms with Crippen LogP contribution in [0.4, 0.5) is 11.4 Å². The van der Waals surface area contributed by atoms with Gasteiger partial charge in [0.05, 0.1) is 22.5 Å². The van der Waals surface area contributed by atoms with Crippen LogP contribution in [0.2, 0.25) is 0 Å². The third-order valence-corrected chi connectivity index (χ3v) is 11.1. The summed E-state index contributed by atoms with van der Waals surface area (Å²) in [5.74, 6) is -3.18. The summed E-state index contributed by atoms with van der Waals surface area (Å²) in [4.78, 5) is 40.8. The summed E-state index contributed by atoms with van der Waals surface area (Å²) in [6.45, 7) is 12.4. The topological polar surface area (TPSA) is 210 Å². The lowest BCUT2D eigenvalue weighted by Crippen LogP contribution is -2.32. The molecule has 0 saturated heterocycles. The molecule has 2 aromatic rings. The fraction of sp³-hybridized carbons (Fsp3) is 0.459. The van der Waals surface area contributed by atoms with Gasteiger partial charge in [0, 0.05) is 77.3 Å². The maximum Gasteiger partial charge on any atom is 0.335 e. The smallest absolute Gasteiger partial charge is 0.335 e. The zero-order chi connectivity index (χ0) is 39.5. The lowest BCUT2D eigenvalue weighted by atomic mass is 9.79. The maximum atomic E-state index is 13.7. The number of rotatable bonds is 16. The average Bonchev–Trinajstić information content (AvgIpc) is 3.40. The first-order valence-corrected chi connectivity index (χ1v) is 20.7. The number of unbranched alkanes of at least 4 members (excludes halogenated alkanes) is 1. The molecule has 0 radical (unpaired) electrons. The number of carboxylic acids is 1. The molecule has 14 nitrogen and oxygen atoms in total. The van der Waals surface area contributed by atoms with Crippen LogP contribution in [-0.2, 0) is 31.1 Å². The predicted molar refractivity (Wildman–Crippen MR) is 203 cm³/mol. The number of carbonyl (C=O) groups excluding carboxylic acids is 2. The Kier molecular flexibility index (Phi) is 12.4. The van der Waals surface area contributed by atoms with Crippen LogP contribution < -0.4 is 15.5 Å². The molecule has 0 unspecified atom stereocenters. The number of hydrogen-bond donors (Lipinski definition) is 5. The van der Waals surface area contributed by atoms with Gasteiger partial charge in [-0.15, -0.1) is 0 Å². The lowest BCUT2D eigenvalue weighted by molar-refractivity contribution is -0.437. The Hall–Kier alpha value is -4.38. The van der Waals surface area contributed by atoms with Crippen molar-refractivity contribution in [3.8, 4) is 0 Å². The van der Waals surface area contributed by atoms with Crippen molar-refractivity contribution in [2.75, 3.05) is 42.6 Å². The highest BCUT2D eigenvalue weighted by atomic mass is 32.2. The molecule has 0 saturated carbocycles. The number of aromatic carboxylic acids is 1. The van der Waals surface area contributed by atoms with Gasteiger partial charge < -0.3 is 20.6 Å². The van der Waals surface area contributed by atoms with Crippen molar-refractivity contribution in [2.45, 2.75) is 71.6 Å². The van der Waals surface area contributed by atoms with Gasteiger partial charge >= 0.3 is 5.97 Å². The van der Waals surface area contributed by atoms with E-state index in [2.05, 4.69) is 15.5 Å². The Morgan fingerprint density at radius 2 is 1.55 bits per heavy atom. The number of anilines is 1. The normalized spacial score (nSPS) is 17.0. The number of allylic oxidation sites excluding steroid dienone is 4. The van der Waals surface area contributed by atoms with Crippen LogP contribution in [-0.4, -0.2) is 96.8 Å². The average molecular weight is 774 g/mol. The van der Waals surface area contributed by atoms with Crippen LogP contribution in [0.25, 0.3) is 0 Å². The second kappa shape index (κ2) is 15.9. The van der Waals surface area contributed by atoms with Crippen LogP contribution in [0.1, 0.15) is 103 Å². The van der Waals surface area contributed by atoms with E-state index in [-0.39, 0.29) is 42.1 Å². The first-order chi connectivity index (χ1) is 24.6. The minimum Gasteiger partial charge on any atom is -0.478 e. The molecule has 0 aliphatic carbocycles. The van der Waals surface area contributed by atoms with Crippen LogP contribution >= 0.6 is 0 Å². The minimum absolute atomic E-state index is 0.115. The van der Waals surface area contributed by atoms with E-state index in [0.29, 0.717) is 24.3 Å². The molecular formula is C37H49N4O10S2+. The molecule has 16 heteroatoms. The molecule has 2 aliphatic rings. The molecule has 2 amide bonds. The lowest BCUT2D eigenvalue weighted by Gasteiger charge is -2.27. The fourth-order valence-electron chi connectivity index (χ4n) is 7.09. The number of nitrogens with one attached hydrogen (secondary N) is 2. The Morgan fingerprint density at radius 3 is 2.15 bits per heavy atom. The van der Waals surface area contributed by atoms with Crippen LogP contribution in [0, 0.1) is 0 Å². The second-order valence-electron chi connectivity index (χ2n) is 14.2. The number of hydrogen-bond acceptors (Lipinski definition) is 8. The van der Waals surface area contributed by atoms with Crippen molar-refractivity contribution in [3.05, 3.63) is 82.1 Å². The summed E-state index contributed by atoms with van der Waals surface area (Å²) in [6.07, 6.45) is 7.42. The molecule has 4 rings (SSSR count). The molecule has 5 N–H and O–H groups in total. The molecule has 53 heavy (non-hydrogen) atoms. The van der Waals surface area contributed by atoms with Gasteiger partial charge in [-0.2, -0.15) is 21.4 Å². The van der Waals surface area contributed by atoms with Gasteiger partial charge in [-0.1, -0.05) is 33.3 Å². The van der Waals surface area contributed by atoms with E-state index in [4.69, 9.17) is 0 Å². The molecule has 2 aliphatic heterocycles. The summed E-state index contributed by atoms with van der Waals surface area (Å²) >= 11 is 0. The predicted octanol–water partition coefficient (Wildman–Crippen LogP) is 4.44. The quantitative estimate of drug-likeness (QED) is 0.119. The van der Waals surface area contributed by atoms with Gasteiger partial charge in [0.2, 0.25) is 5.69 Å². The van der Waals surface area contributed by atoms with Crippen LogP contribution in [0.5, 0.6) is 0 Å². The van der Waals surface area contributed by atoms with E-state index < -0.39 is 54.4 Å². The Balaban J connectivity index is 1.86. The van der Waals surface area contributed by atoms with Crippen molar-refractivity contribution in [1.29, 1.82) is 0 Å². The summed E-state index contributed by atoms with van der Waals surface area (Å²) in [6, 6.07) is 8.06. The SMILES string of the molecule is CCCCN1C(=CC=CC2=[N+](CCCS(=O)(=O)O)c3ccc(C(=O)O)cc3C2(C)C)C(C)(C)c2c(C(=O)NCCS(=O)(=O)O)cc(C(=O)NCC)cc21. The number of amides is 2. The Bertz CT molecular complexity index is 2120. The highest BCUT2D eigenvalue weighted by Gasteiger charge is 2.46.